The predicted molar refractivity (Wildman–Crippen MR) is 307 cm³/mol. The summed E-state index contributed by atoms with van der Waals surface area (Å²) < 4.78 is 11.1. The molecule has 1 aliphatic heterocycles. The Hall–Kier alpha value is -1.41. The third-order valence-corrected chi connectivity index (χ3v) is 15.5. The van der Waals surface area contributed by atoms with E-state index in [0.717, 1.165) is 57.8 Å². The summed E-state index contributed by atoms with van der Waals surface area (Å²) in [4.78, 5) is 13.2. The summed E-state index contributed by atoms with van der Waals surface area (Å²) >= 11 is 0. The van der Waals surface area contributed by atoms with Gasteiger partial charge in [0, 0.05) is 0 Å². The average molecular weight is 1050 g/mol. The van der Waals surface area contributed by atoms with Crippen LogP contribution >= 0.6 is 0 Å². The Morgan fingerprint density at radius 1 is 0.459 bits per heavy atom. The van der Waals surface area contributed by atoms with Crippen LogP contribution in [0.3, 0.4) is 0 Å². The maximum absolute atomic E-state index is 13.2. The largest absolute Gasteiger partial charge is 0.394 e. The van der Waals surface area contributed by atoms with Crippen LogP contribution in [-0.2, 0) is 14.3 Å². The molecule has 9 unspecified atom stereocenters. The Kier molecular flexibility index (Phi) is 49.9. The van der Waals surface area contributed by atoms with Gasteiger partial charge in [0.25, 0.3) is 0 Å². The monoisotopic (exact) mass is 1050 g/mol. The topological polar surface area (TPSA) is 189 Å². The Labute approximate surface area is 454 Å². The molecule has 1 rings (SSSR count). The van der Waals surface area contributed by atoms with E-state index in [-0.39, 0.29) is 12.8 Å². The highest BCUT2D eigenvalue weighted by atomic mass is 16.7. The zero-order valence-electron chi connectivity index (χ0n) is 48.1. The number of hydrogen-bond acceptors (Lipinski definition) is 10. The third-order valence-electron chi connectivity index (χ3n) is 15.5. The molecule has 0 aromatic rings. The van der Waals surface area contributed by atoms with Crippen molar-refractivity contribution in [3.05, 3.63) is 24.3 Å². The molecule has 0 aromatic heterocycles. The average Bonchev–Trinajstić information content (AvgIpc) is 3.40. The minimum Gasteiger partial charge on any atom is -0.394 e. The van der Waals surface area contributed by atoms with Crippen molar-refractivity contribution in [3.8, 4) is 0 Å². The molecule has 0 saturated carbocycles. The molecule has 1 heterocycles. The van der Waals surface area contributed by atoms with E-state index in [2.05, 4.69) is 43.5 Å². The Morgan fingerprint density at radius 2 is 0.797 bits per heavy atom. The van der Waals surface area contributed by atoms with Crippen molar-refractivity contribution >= 4 is 5.91 Å². The van der Waals surface area contributed by atoms with Gasteiger partial charge in [-0.1, -0.05) is 263 Å². The van der Waals surface area contributed by atoms with Gasteiger partial charge in [-0.15, -0.1) is 0 Å². The number of aliphatic hydroxyl groups is 7. The van der Waals surface area contributed by atoms with Crippen molar-refractivity contribution in [2.45, 2.75) is 358 Å². The van der Waals surface area contributed by atoms with Crippen LogP contribution in [0.1, 0.15) is 303 Å². The molecule has 11 heteroatoms. The summed E-state index contributed by atoms with van der Waals surface area (Å²) in [6.45, 7) is 3.47. The number of rotatable bonds is 55. The van der Waals surface area contributed by atoms with E-state index in [1.807, 2.05) is 0 Å². The molecule has 1 amide bonds. The standard InChI is InChI=1S/C63H121NO10/c1-3-5-7-9-11-13-15-17-19-21-23-24-25-26-27-28-29-30-31-32-33-35-36-38-40-42-44-46-48-50-55(66)58(68)54(53-73-63-61(71)60(70)59(69)57(52-65)74-63)64-62(72)56(67)51-49-47-45-43-41-39-37-34-22-20-18-16-14-12-10-8-6-4-2/h22,34,42,44,54-61,63,65-71H,3-21,23-33,35-41,43,45-53H2,1-2H3,(H,64,72)/b34-22-,44-42+. The molecule has 1 aliphatic rings. The van der Waals surface area contributed by atoms with E-state index in [4.69, 9.17) is 9.47 Å². The highest BCUT2D eigenvalue weighted by Crippen LogP contribution is 2.24. The number of ether oxygens (including phenoxy) is 2. The van der Waals surface area contributed by atoms with E-state index in [1.54, 1.807) is 0 Å². The van der Waals surface area contributed by atoms with Crippen LogP contribution < -0.4 is 5.32 Å². The molecule has 9 atom stereocenters. The Balaban J connectivity index is 2.26. The number of allylic oxidation sites excluding steroid dienone is 4. The van der Waals surface area contributed by atoms with E-state index >= 15 is 0 Å². The summed E-state index contributed by atoms with van der Waals surface area (Å²) in [6, 6.07) is -1.19. The van der Waals surface area contributed by atoms with Crippen molar-refractivity contribution in [3.63, 3.8) is 0 Å². The minimum absolute atomic E-state index is 0.248. The SMILES string of the molecule is CCCCCCCCCC/C=C\CCCCCCCCC(O)C(=O)NC(COC1OC(CO)C(O)C(O)C1O)C(O)C(O)CCC/C=C/CCCCCCCCCCCCCCCCCCCCCCCCCC. The molecule has 0 spiro atoms. The van der Waals surface area contributed by atoms with Crippen LogP contribution in [0.2, 0.25) is 0 Å². The quantitative estimate of drug-likeness (QED) is 0.0215. The molecular weight excluding hydrogens is 931 g/mol. The van der Waals surface area contributed by atoms with E-state index < -0.39 is 74.2 Å². The van der Waals surface area contributed by atoms with Crippen molar-refractivity contribution in [2.24, 2.45) is 0 Å². The molecular formula is C63H121NO10. The van der Waals surface area contributed by atoms with Gasteiger partial charge in [-0.2, -0.15) is 0 Å². The van der Waals surface area contributed by atoms with Crippen molar-refractivity contribution in [2.75, 3.05) is 13.2 Å². The molecule has 8 N–H and O–H groups in total. The van der Waals surface area contributed by atoms with Crippen LogP contribution in [0.25, 0.3) is 0 Å². The smallest absolute Gasteiger partial charge is 0.249 e. The fourth-order valence-corrected chi connectivity index (χ4v) is 10.3. The highest BCUT2D eigenvalue weighted by molar-refractivity contribution is 5.80. The van der Waals surface area contributed by atoms with Crippen molar-refractivity contribution < 1.29 is 50.0 Å². The van der Waals surface area contributed by atoms with Gasteiger partial charge in [-0.05, 0) is 64.2 Å². The summed E-state index contributed by atoms with van der Waals surface area (Å²) in [7, 11) is 0. The first kappa shape index (κ1) is 70.6. The normalized spacial score (nSPS) is 19.9. The molecule has 11 nitrogen and oxygen atoms in total. The van der Waals surface area contributed by atoms with Crippen molar-refractivity contribution in [1.82, 2.24) is 5.32 Å². The second kappa shape index (κ2) is 52.3. The lowest BCUT2D eigenvalue weighted by molar-refractivity contribution is -0.303. The maximum atomic E-state index is 13.2. The molecule has 0 bridgehead atoms. The number of carbonyl (C=O) groups is 1. The number of carbonyl (C=O) groups excluding carboxylic acids is 1. The first-order chi connectivity index (χ1) is 36.2. The van der Waals surface area contributed by atoms with Gasteiger partial charge in [0.15, 0.2) is 6.29 Å². The number of nitrogens with one attached hydrogen (secondary N) is 1. The molecule has 0 aliphatic carbocycles. The van der Waals surface area contributed by atoms with Crippen LogP contribution in [0.4, 0.5) is 0 Å². The predicted octanol–water partition coefficient (Wildman–Crippen LogP) is 14.1. The molecule has 1 fully saturated rings. The van der Waals surface area contributed by atoms with Crippen molar-refractivity contribution in [1.29, 1.82) is 0 Å². The van der Waals surface area contributed by atoms with Crippen LogP contribution in [-0.4, -0.2) is 110 Å². The number of aliphatic hydroxyl groups excluding tert-OH is 7. The zero-order chi connectivity index (χ0) is 54.0. The van der Waals surface area contributed by atoms with Gasteiger partial charge in [-0.3, -0.25) is 4.79 Å². The first-order valence-corrected chi connectivity index (χ1v) is 31.7. The first-order valence-electron chi connectivity index (χ1n) is 31.7. The fourth-order valence-electron chi connectivity index (χ4n) is 10.3. The minimum atomic E-state index is -1.67. The molecule has 0 radical (unpaired) electrons. The zero-order valence-corrected chi connectivity index (χ0v) is 48.1. The second-order valence-corrected chi connectivity index (χ2v) is 22.5. The van der Waals surface area contributed by atoms with Crippen LogP contribution in [0.15, 0.2) is 24.3 Å². The fraction of sp³-hybridized carbons (Fsp3) is 0.921. The summed E-state index contributed by atoms with van der Waals surface area (Å²) in [5.41, 5.74) is 0. The molecule has 0 aromatic carbocycles. The van der Waals surface area contributed by atoms with E-state index in [9.17, 15) is 40.5 Å². The lowest BCUT2D eigenvalue weighted by Crippen LogP contribution is -2.60. The van der Waals surface area contributed by atoms with Gasteiger partial charge >= 0.3 is 0 Å². The number of hydrogen-bond donors (Lipinski definition) is 8. The molecule has 438 valence electrons. The Bertz CT molecular complexity index is 1250. The number of unbranched alkanes of at least 4 members (excludes halogenated alkanes) is 39. The van der Waals surface area contributed by atoms with Crippen LogP contribution in [0.5, 0.6) is 0 Å². The van der Waals surface area contributed by atoms with Gasteiger partial charge in [-0.25, -0.2) is 0 Å². The summed E-state index contributed by atoms with van der Waals surface area (Å²) in [5.74, 6) is -0.707. The van der Waals surface area contributed by atoms with Gasteiger partial charge in [0.05, 0.1) is 25.4 Å². The van der Waals surface area contributed by atoms with Gasteiger partial charge in [0.1, 0.15) is 36.6 Å². The highest BCUT2D eigenvalue weighted by Gasteiger charge is 2.44. The lowest BCUT2D eigenvalue weighted by atomic mass is 9.98. The maximum Gasteiger partial charge on any atom is 0.249 e. The van der Waals surface area contributed by atoms with Gasteiger partial charge < -0.3 is 50.5 Å². The number of amides is 1. The Morgan fingerprint density at radius 3 is 1.16 bits per heavy atom. The molecule has 1 saturated heterocycles. The third kappa shape index (κ3) is 39.9. The van der Waals surface area contributed by atoms with Crippen LogP contribution in [0, 0.1) is 0 Å². The van der Waals surface area contributed by atoms with E-state index in [0.29, 0.717) is 12.8 Å². The lowest BCUT2D eigenvalue weighted by Gasteiger charge is -2.40. The second-order valence-electron chi connectivity index (χ2n) is 22.5. The van der Waals surface area contributed by atoms with E-state index in [1.165, 1.54) is 205 Å². The summed E-state index contributed by atoms with van der Waals surface area (Å²) in [6.07, 6.45) is 52.5. The van der Waals surface area contributed by atoms with Gasteiger partial charge in [0.2, 0.25) is 5.91 Å². The molecule has 74 heavy (non-hydrogen) atoms. The summed E-state index contributed by atoms with van der Waals surface area (Å²) in [5, 5.41) is 76.2.